The third kappa shape index (κ3) is 3.06. The van der Waals surface area contributed by atoms with E-state index >= 15 is 0 Å². The number of hydroxylamine groups is 2. The van der Waals surface area contributed by atoms with E-state index in [2.05, 4.69) is 0 Å². The summed E-state index contributed by atoms with van der Waals surface area (Å²) in [5.41, 5.74) is 0. The smallest absolute Gasteiger partial charge is 0.253 e. The van der Waals surface area contributed by atoms with Gasteiger partial charge in [0, 0.05) is 6.54 Å². The SMILES string of the molecule is CCN(O)C(=O)CC1=CC=CC=CO1. The molecular formula is C10H13NO3. The molecule has 14 heavy (non-hydrogen) atoms. The molecule has 0 aromatic rings. The number of hydrogen-bond donors (Lipinski definition) is 1. The molecule has 1 rings (SSSR count). The van der Waals surface area contributed by atoms with Gasteiger partial charge in [-0.2, -0.15) is 0 Å². The van der Waals surface area contributed by atoms with Gasteiger partial charge in [-0.3, -0.25) is 10.0 Å². The van der Waals surface area contributed by atoms with Crippen LogP contribution in [0.3, 0.4) is 0 Å². The quantitative estimate of drug-likeness (QED) is 0.549. The number of amides is 1. The zero-order valence-electron chi connectivity index (χ0n) is 8.01. The van der Waals surface area contributed by atoms with Crippen LogP contribution in [0.5, 0.6) is 0 Å². The number of carbonyl (C=O) groups excluding carboxylic acids is 1. The van der Waals surface area contributed by atoms with Crippen LogP contribution in [0.25, 0.3) is 0 Å². The molecule has 1 aliphatic rings. The van der Waals surface area contributed by atoms with E-state index in [4.69, 9.17) is 9.94 Å². The number of rotatable bonds is 3. The predicted octanol–water partition coefficient (Wildman–Crippen LogP) is 1.60. The molecule has 0 bridgehead atoms. The Morgan fingerprint density at radius 1 is 1.50 bits per heavy atom. The molecule has 76 valence electrons. The molecule has 1 amide bonds. The van der Waals surface area contributed by atoms with Crippen LogP contribution in [0.4, 0.5) is 0 Å². The number of nitrogens with zero attached hydrogens (tertiary/aromatic N) is 1. The molecule has 1 heterocycles. The van der Waals surface area contributed by atoms with E-state index in [1.807, 2.05) is 0 Å². The van der Waals surface area contributed by atoms with Crippen molar-refractivity contribution >= 4 is 5.91 Å². The van der Waals surface area contributed by atoms with Gasteiger partial charge in [0.15, 0.2) is 0 Å². The van der Waals surface area contributed by atoms with Crippen molar-refractivity contribution in [2.75, 3.05) is 6.54 Å². The molecule has 0 saturated carbocycles. The Labute approximate surface area is 82.7 Å². The average Bonchev–Trinajstić information content (AvgIpc) is 2.45. The highest BCUT2D eigenvalue weighted by Gasteiger charge is 2.11. The van der Waals surface area contributed by atoms with Crippen LogP contribution in [-0.2, 0) is 9.53 Å². The second-order valence-corrected chi connectivity index (χ2v) is 2.75. The summed E-state index contributed by atoms with van der Waals surface area (Å²) in [7, 11) is 0. The fraction of sp³-hybridized carbons (Fsp3) is 0.300. The number of hydrogen-bond acceptors (Lipinski definition) is 3. The standard InChI is InChI=1S/C10H13NO3/c1-2-11(13)10(12)8-9-6-4-3-5-7-14-9/h3-7,13H,2,8H2,1H3. The predicted molar refractivity (Wildman–Crippen MR) is 51.2 cm³/mol. The van der Waals surface area contributed by atoms with Gasteiger partial charge in [0.2, 0.25) is 0 Å². The van der Waals surface area contributed by atoms with Crippen molar-refractivity contribution in [3.8, 4) is 0 Å². The van der Waals surface area contributed by atoms with E-state index in [9.17, 15) is 4.79 Å². The molecule has 0 atom stereocenters. The van der Waals surface area contributed by atoms with E-state index in [0.29, 0.717) is 10.8 Å². The average molecular weight is 195 g/mol. The minimum absolute atomic E-state index is 0.0685. The molecule has 4 nitrogen and oxygen atoms in total. The Kier molecular flexibility index (Phi) is 3.94. The maximum atomic E-state index is 11.3. The number of ether oxygens (including phenoxy) is 1. The van der Waals surface area contributed by atoms with Crippen molar-refractivity contribution in [2.24, 2.45) is 0 Å². The zero-order valence-corrected chi connectivity index (χ0v) is 8.01. The van der Waals surface area contributed by atoms with Crippen LogP contribution in [0.1, 0.15) is 13.3 Å². The van der Waals surface area contributed by atoms with Crippen LogP contribution in [0.2, 0.25) is 0 Å². The van der Waals surface area contributed by atoms with E-state index < -0.39 is 0 Å². The van der Waals surface area contributed by atoms with Crippen LogP contribution in [0.15, 0.2) is 36.3 Å². The molecule has 4 heteroatoms. The van der Waals surface area contributed by atoms with Gasteiger partial charge in [-0.15, -0.1) is 0 Å². The van der Waals surface area contributed by atoms with Gasteiger partial charge in [0.25, 0.3) is 5.91 Å². The topological polar surface area (TPSA) is 49.8 Å². The minimum atomic E-state index is -0.373. The lowest BCUT2D eigenvalue weighted by Gasteiger charge is -2.12. The summed E-state index contributed by atoms with van der Waals surface area (Å²) in [5, 5.41) is 9.76. The summed E-state index contributed by atoms with van der Waals surface area (Å²) in [4.78, 5) is 11.3. The molecule has 0 spiro atoms. The monoisotopic (exact) mass is 195 g/mol. The summed E-state index contributed by atoms with van der Waals surface area (Å²) in [6, 6.07) is 0. The summed E-state index contributed by atoms with van der Waals surface area (Å²) < 4.78 is 5.13. The largest absolute Gasteiger partial charge is 0.469 e. The van der Waals surface area contributed by atoms with E-state index in [0.717, 1.165) is 0 Å². The second kappa shape index (κ2) is 5.24. The van der Waals surface area contributed by atoms with Gasteiger partial charge in [-0.25, -0.2) is 5.06 Å². The van der Waals surface area contributed by atoms with Crippen LogP contribution in [0, 0.1) is 0 Å². The van der Waals surface area contributed by atoms with Gasteiger partial charge in [-0.05, 0) is 19.1 Å². The Morgan fingerprint density at radius 2 is 2.29 bits per heavy atom. The highest BCUT2D eigenvalue weighted by atomic mass is 16.5. The highest BCUT2D eigenvalue weighted by molar-refractivity contribution is 5.77. The van der Waals surface area contributed by atoms with Gasteiger partial charge in [0.05, 0.1) is 12.7 Å². The normalized spacial score (nSPS) is 14.3. The van der Waals surface area contributed by atoms with Gasteiger partial charge in [0.1, 0.15) is 5.76 Å². The van der Waals surface area contributed by atoms with E-state index in [-0.39, 0.29) is 18.9 Å². The Hall–Kier alpha value is -1.55. The van der Waals surface area contributed by atoms with Gasteiger partial charge < -0.3 is 4.74 Å². The van der Waals surface area contributed by atoms with Crippen LogP contribution >= 0.6 is 0 Å². The lowest BCUT2D eigenvalue weighted by Crippen LogP contribution is -2.27. The van der Waals surface area contributed by atoms with Gasteiger partial charge in [-0.1, -0.05) is 12.2 Å². The molecule has 0 saturated heterocycles. The first-order valence-corrected chi connectivity index (χ1v) is 4.42. The molecule has 0 unspecified atom stereocenters. The fourth-order valence-corrected chi connectivity index (χ4v) is 0.956. The molecule has 0 aliphatic carbocycles. The summed E-state index contributed by atoms with van der Waals surface area (Å²) in [5.74, 6) is 0.148. The molecule has 0 aromatic carbocycles. The highest BCUT2D eigenvalue weighted by Crippen LogP contribution is 2.09. The Balaban J connectivity index is 2.52. The van der Waals surface area contributed by atoms with Crippen molar-refractivity contribution in [2.45, 2.75) is 13.3 Å². The molecule has 1 aliphatic heterocycles. The van der Waals surface area contributed by atoms with Crippen molar-refractivity contribution in [1.29, 1.82) is 0 Å². The molecule has 0 aromatic heterocycles. The van der Waals surface area contributed by atoms with Crippen LogP contribution in [-0.4, -0.2) is 22.7 Å². The molecule has 1 N–H and O–H groups in total. The number of carbonyl (C=O) groups is 1. The van der Waals surface area contributed by atoms with Crippen molar-refractivity contribution in [3.63, 3.8) is 0 Å². The van der Waals surface area contributed by atoms with E-state index in [1.165, 1.54) is 6.26 Å². The summed E-state index contributed by atoms with van der Waals surface area (Å²) >= 11 is 0. The maximum Gasteiger partial charge on any atom is 0.253 e. The minimum Gasteiger partial charge on any atom is -0.469 e. The van der Waals surface area contributed by atoms with Crippen molar-refractivity contribution in [3.05, 3.63) is 36.3 Å². The van der Waals surface area contributed by atoms with Crippen LogP contribution < -0.4 is 0 Å². The molecule has 0 fully saturated rings. The zero-order chi connectivity index (χ0) is 10.4. The second-order valence-electron chi connectivity index (χ2n) is 2.75. The lowest BCUT2D eigenvalue weighted by atomic mass is 10.3. The number of allylic oxidation sites excluding steroid dienone is 4. The molecular weight excluding hydrogens is 182 g/mol. The Bertz CT molecular complexity index is 292. The third-order valence-electron chi connectivity index (χ3n) is 1.72. The lowest BCUT2D eigenvalue weighted by molar-refractivity contribution is -0.164. The molecule has 0 radical (unpaired) electrons. The summed E-state index contributed by atoms with van der Waals surface area (Å²) in [6.45, 7) is 1.97. The first-order chi connectivity index (χ1) is 6.74. The Morgan fingerprint density at radius 3 is 3.00 bits per heavy atom. The van der Waals surface area contributed by atoms with Gasteiger partial charge >= 0.3 is 0 Å². The summed E-state index contributed by atoms with van der Waals surface area (Å²) in [6.07, 6.45) is 8.56. The maximum absolute atomic E-state index is 11.3. The first kappa shape index (κ1) is 10.5. The first-order valence-electron chi connectivity index (χ1n) is 4.42. The fourth-order valence-electron chi connectivity index (χ4n) is 0.956. The van der Waals surface area contributed by atoms with Crippen molar-refractivity contribution < 1.29 is 14.7 Å². The third-order valence-corrected chi connectivity index (χ3v) is 1.72. The van der Waals surface area contributed by atoms with Crippen molar-refractivity contribution in [1.82, 2.24) is 5.06 Å². The van der Waals surface area contributed by atoms with E-state index in [1.54, 1.807) is 31.2 Å².